The highest BCUT2D eigenvalue weighted by molar-refractivity contribution is 5.81. The van der Waals surface area contributed by atoms with Crippen LogP contribution in [0.15, 0.2) is 30.7 Å². The number of amides is 1. The van der Waals surface area contributed by atoms with E-state index in [2.05, 4.69) is 9.55 Å². The standard InChI is InChI=1S/C17H21N3O2/c21-16(14-1-2-14)19-9-5-17(22,6-10-19)12-20-8-4-13-3-7-18-11-15(13)20/h3-4,7-8,11,14,22H,1-2,5-6,9-10,12H2. The maximum absolute atomic E-state index is 12.1. The Bertz CT molecular complexity index is 697. The number of carbonyl (C=O) groups is 1. The van der Waals surface area contributed by atoms with Crippen LogP contribution in [-0.2, 0) is 11.3 Å². The molecule has 3 heterocycles. The summed E-state index contributed by atoms with van der Waals surface area (Å²) in [5, 5.41) is 12.0. The van der Waals surface area contributed by atoms with Crippen LogP contribution in [0, 0.1) is 5.92 Å². The van der Waals surface area contributed by atoms with Crippen LogP contribution in [0.4, 0.5) is 0 Å². The number of carbonyl (C=O) groups excluding carboxylic acids is 1. The van der Waals surface area contributed by atoms with Crippen molar-refractivity contribution in [3.05, 3.63) is 30.7 Å². The van der Waals surface area contributed by atoms with Crippen molar-refractivity contribution in [3.63, 3.8) is 0 Å². The average Bonchev–Trinajstić information content (AvgIpc) is 3.31. The van der Waals surface area contributed by atoms with Gasteiger partial charge in [0.15, 0.2) is 0 Å². The van der Waals surface area contributed by atoms with Crippen LogP contribution in [0.3, 0.4) is 0 Å². The van der Waals surface area contributed by atoms with Gasteiger partial charge in [0.05, 0.1) is 23.9 Å². The van der Waals surface area contributed by atoms with Crippen LogP contribution in [0.2, 0.25) is 0 Å². The summed E-state index contributed by atoms with van der Waals surface area (Å²) < 4.78 is 2.07. The predicted molar refractivity (Wildman–Crippen MR) is 83.2 cm³/mol. The van der Waals surface area contributed by atoms with E-state index in [0.29, 0.717) is 32.5 Å². The topological polar surface area (TPSA) is 58.4 Å². The number of rotatable bonds is 3. The number of hydrogen-bond acceptors (Lipinski definition) is 3. The summed E-state index contributed by atoms with van der Waals surface area (Å²) in [6.45, 7) is 1.90. The normalized spacial score (nSPS) is 21.2. The first-order chi connectivity index (χ1) is 10.6. The molecule has 0 radical (unpaired) electrons. The van der Waals surface area contributed by atoms with Gasteiger partial charge in [0.25, 0.3) is 0 Å². The van der Waals surface area contributed by atoms with Gasteiger partial charge in [-0.15, -0.1) is 0 Å². The molecule has 1 N–H and O–H groups in total. The summed E-state index contributed by atoms with van der Waals surface area (Å²) in [4.78, 5) is 18.2. The SMILES string of the molecule is O=C(C1CC1)N1CCC(O)(Cn2ccc3ccncc32)CC1. The molecule has 0 unspecified atom stereocenters. The molecule has 1 aliphatic heterocycles. The molecule has 2 aromatic heterocycles. The van der Waals surface area contributed by atoms with Gasteiger partial charge < -0.3 is 14.6 Å². The van der Waals surface area contributed by atoms with E-state index in [0.717, 1.165) is 23.7 Å². The zero-order valence-electron chi connectivity index (χ0n) is 12.6. The molecule has 1 amide bonds. The van der Waals surface area contributed by atoms with E-state index < -0.39 is 5.60 Å². The van der Waals surface area contributed by atoms with Gasteiger partial charge in [-0.05, 0) is 37.8 Å². The highest BCUT2D eigenvalue weighted by atomic mass is 16.3. The molecule has 2 fully saturated rings. The van der Waals surface area contributed by atoms with Gasteiger partial charge in [-0.2, -0.15) is 0 Å². The van der Waals surface area contributed by atoms with Crippen molar-refractivity contribution in [2.75, 3.05) is 13.1 Å². The highest BCUT2D eigenvalue weighted by Crippen LogP contribution is 2.33. The van der Waals surface area contributed by atoms with Crippen molar-refractivity contribution in [1.29, 1.82) is 0 Å². The van der Waals surface area contributed by atoms with Crippen LogP contribution >= 0.6 is 0 Å². The molecule has 22 heavy (non-hydrogen) atoms. The third kappa shape index (κ3) is 2.50. The maximum Gasteiger partial charge on any atom is 0.225 e. The van der Waals surface area contributed by atoms with Crippen LogP contribution in [0.25, 0.3) is 10.9 Å². The number of pyridine rings is 1. The molecule has 1 saturated carbocycles. The Labute approximate surface area is 129 Å². The first-order valence-corrected chi connectivity index (χ1v) is 8.05. The Balaban J connectivity index is 1.45. The summed E-state index contributed by atoms with van der Waals surface area (Å²) in [6.07, 6.45) is 9.00. The Morgan fingerprint density at radius 3 is 2.82 bits per heavy atom. The van der Waals surface area contributed by atoms with Crippen molar-refractivity contribution in [3.8, 4) is 0 Å². The molecule has 116 valence electrons. The highest BCUT2D eigenvalue weighted by Gasteiger charge is 2.39. The smallest absolute Gasteiger partial charge is 0.225 e. The van der Waals surface area contributed by atoms with Gasteiger partial charge >= 0.3 is 0 Å². The van der Waals surface area contributed by atoms with Crippen LogP contribution in [0.1, 0.15) is 25.7 Å². The van der Waals surface area contributed by atoms with Crippen molar-refractivity contribution in [1.82, 2.24) is 14.5 Å². The largest absolute Gasteiger partial charge is 0.388 e. The lowest BCUT2D eigenvalue weighted by molar-refractivity contribution is -0.137. The Morgan fingerprint density at radius 2 is 2.09 bits per heavy atom. The van der Waals surface area contributed by atoms with E-state index in [4.69, 9.17) is 0 Å². The Kier molecular flexibility index (Phi) is 3.18. The summed E-state index contributed by atoms with van der Waals surface area (Å²) >= 11 is 0. The van der Waals surface area contributed by atoms with Gasteiger partial charge in [-0.25, -0.2) is 0 Å². The number of fused-ring (bicyclic) bond motifs is 1. The molecule has 2 aromatic rings. The Hall–Kier alpha value is -1.88. The van der Waals surface area contributed by atoms with Crippen LogP contribution in [0.5, 0.6) is 0 Å². The molecular formula is C17H21N3O2. The quantitative estimate of drug-likeness (QED) is 0.940. The van der Waals surface area contributed by atoms with E-state index in [1.165, 1.54) is 0 Å². The summed E-state index contributed by atoms with van der Waals surface area (Å²) in [7, 11) is 0. The van der Waals surface area contributed by atoms with E-state index >= 15 is 0 Å². The minimum Gasteiger partial charge on any atom is -0.388 e. The molecule has 5 heteroatoms. The van der Waals surface area contributed by atoms with Gasteiger partial charge in [-0.1, -0.05) is 0 Å². The second kappa shape index (κ2) is 5.09. The second-order valence-electron chi connectivity index (χ2n) is 6.70. The predicted octanol–water partition coefficient (Wildman–Crippen LogP) is 1.80. The number of aliphatic hydroxyl groups is 1. The molecule has 4 rings (SSSR count). The van der Waals surface area contributed by atoms with Gasteiger partial charge in [0.2, 0.25) is 5.91 Å². The number of likely N-dealkylation sites (tertiary alicyclic amines) is 1. The summed E-state index contributed by atoms with van der Waals surface area (Å²) in [5.41, 5.74) is 0.315. The molecule has 0 atom stereocenters. The zero-order valence-corrected chi connectivity index (χ0v) is 12.6. The molecule has 0 spiro atoms. The molecule has 2 aliphatic rings. The number of nitrogens with zero attached hydrogens (tertiary/aromatic N) is 3. The van der Waals surface area contributed by atoms with Crippen LogP contribution in [-0.4, -0.2) is 44.2 Å². The lowest BCUT2D eigenvalue weighted by Gasteiger charge is -2.38. The molecule has 0 bridgehead atoms. The fraction of sp³-hybridized carbons (Fsp3) is 0.529. The first-order valence-electron chi connectivity index (χ1n) is 8.05. The minimum atomic E-state index is -0.734. The van der Waals surface area contributed by atoms with Gasteiger partial charge in [-0.3, -0.25) is 9.78 Å². The maximum atomic E-state index is 12.1. The first kappa shape index (κ1) is 13.8. The lowest BCUT2D eigenvalue weighted by atomic mass is 9.91. The summed E-state index contributed by atoms with van der Waals surface area (Å²) in [6, 6.07) is 4.03. The second-order valence-corrected chi connectivity index (χ2v) is 6.70. The molecular weight excluding hydrogens is 278 g/mol. The molecule has 1 aliphatic carbocycles. The number of aromatic nitrogens is 2. The molecule has 1 saturated heterocycles. The monoisotopic (exact) mass is 299 g/mol. The molecule has 0 aromatic carbocycles. The van der Waals surface area contributed by atoms with Crippen molar-refractivity contribution >= 4 is 16.8 Å². The van der Waals surface area contributed by atoms with E-state index in [-0.39, 0.29) is 11.8 Å². The Morgan fingerprint density at radius 1 is 1.32 bits per heavy atom. The van der Waals surface area contributed by atoms with E-state index in [9.17, 15) is 9.90 Å². The lowest BCUT2D eigenvalue weighted by Crippen LogP contribution is -2.49. The molecule has 5 nitrogen and oxygen atoms in total. The average molecular weight is 299 g/mol. The van der Waals surface area contributed by atoms with Crippen molar-refractivity contribution in [2.24, 2.45) is 5.92 Å². The summed E-state index contributed by atoms with van der Waals surface area (Å²) in [5.74, 6) is 0.559. The van der Waals surface area contributed by atoms with Gasteiger partial charge in [0, 0.05) is 36.8 Å². The van der Waals surface area contributed by atoms with Crippen molar-refractivity contribution in [2.45, 2.75) is 37.8 Å². The fourth-order valence-electron chi connectivity index (χ4n) is 3.37. The van der Waals surface area contributed by atoms with Gasteiger partial charge in [0.1, 0.15) is 0 Å². The fourth-order valence-corrected chi connectivity index (χ4v) is 3.37. The van der Waals surface area contributed by atoms with Crippen molar-refractivity contribution < 1.29 is 9.90 Å². The number of hydrogen-bond donors (Lipinski definition) is 1. The third-order valence-electron chi connectivity index (χ3n) is 4.97. The van der Waals surface area contributed by atoms with E-state index in [1.807, 2.05) is 29.4 Å². The number of piperidine rings is 1. The minimum absolute atomic E-state index is 0.269. The van der Waals surface area contributed by atoms with E-state index in [1.54, 1.807) is 6.20 Å². The third-order valence-corrected chi connectivity index (χ3v) is 4.97. The zero-order chi connectivity index (χ0) is 15.2. The van der Waals surface area contributed by atoms with Crippen LogP contribution < -0.4 is 0 Å².